The monoisotopic (exact) mass is 466 g/mol. The molecule has 0 bridgehead atoms. The molecule has 0 radical (unpaired) electrons. The topological polar surface area (TPSA) is 105 Å². The number of fused-ring (bicyclic) bond motifs is 3. The van der Waals surface area contributed by atoms with Crippen LogP contribution < -0.4 is 10.6 Å². The maximum Gasteiger partial charge on any atom is 0.407 e. The van der Waals surface area contributed by atoms with Gasteiger partial charge < -0.3 is 20.5 Å². The molecule has 0 aromatic heterocycles. The summed E-state index contributed by atoms with van der Waals surface area (Å²) >= 11 is 0. The highest BCUT2D eigenvalue weighted by Crippen LogP contribution is 2.44. The van der Waals surface area contributed by atoms with Gasteiger partial charge in [-0.15, -0.1) is 0 Å². The molecular weight excluding hydrogens is 432 g/mol. The Kier molecular flexibility index (Phi) is 8.68. The van der Waals surface area contributed by atoms with E-state index in [1.165, 1.54) is 0 Å². The Bertz CT molecular complexity index is 974. The number of carboxylic acids is 1. The molecule has 3 rings (SSSR count). The lowest BCUT2D eigenvalue weighted by Crippen LogP contribution is -2.50. The largest absolute Gasteiger partial charge is 0.481 e. The highest BCUT2D eigenvalue weighted by atomic mass is 16.5. The molecule has 1 unspecified atom stereocenters. The molecule has 7 nitrogen and oxygen atoms in total. The molecule has 0 saturated heterocycles. The van der Waals surface area contributed by atoms with Crippen LogP contribution in [-0.4, -0.2) is 41.8 Å². The molecule has 2 atom stereocenters. The summed E-state index contributed by atoms with van der Waals surface area (Å²) in [4.78, 5) is 36.7. The Hall–Kier alpha value is -3.35. The molecule has 182 valence electrons. The van der Waals surface area contributed by atoms with Crippen LogP contribution in [-0.2, 0) is 14.3 Å². The number of carboxylic acid groups (broad SMARTS) is 1. The lowest BCUT2D eigenvalue weighted by molar-refractivity contribution is -0.137. The SMILES string of the molecule is CCC[C@@H](CC(=O)O)NC(=O)C(CC(C)C)NC(=O)OCC1c2ccccc2-c2ccccc21. The number of aliphatic carboxylic acids is 1. The van der Waals surface area contributed by atoms with Crippen molar-refractivity contribution in [1.29, 1.82) is 0 Å². The van der Waals surface area contributed by atoms with E-state index >= 15 is 0 Å². The van der Waals surface area contributed by atoms with Crippen LogP contribution in [0.5, 0.6) is 0 Å². The second-order valence-electron chi connectivity index (χ2n) is 9.24. The van der Waals surface area contributed by atoms with Crippen molar-refractivity contribution < 1.29 is 24.2 Å². The molecule has 0 heterocycles. The summed E-state index contributed by atoms with van der Waals surface area (Å²) in [5.41, 5.74) is 4.52. The summed E-state index contributed by atoms with van der Waals surface area (Å²) in [6, 6.07) is 14.9. The van der Waals surface area contributed by atoms with Crippen LogP contribution in [0.1, 0.15) is 63.5 Å². The van der Waals surface area contributed by atoms with Crippen LogP contribution in [0.2, 0.25) is 0 Å². The molecule has 0 spiro atoms. The molecule has 7 heteroatoms. The maximum absolute atomic E-state index is 12.9. The lowest BCUT2D eigenvalue weighted by Gasteiger charge is -2.24. The second-order valence-corrected chi connectivity index (χ2v) is 9.24. The number of ether oxygens (including phenoxy) is 1. The molecule has 2 aromatic rings. The highest BCUT2D eigenvalue weighted by Gasteiger charge is 2.30. The number of nitrogens with one attached hydrogen (secondary N) is 2. The standard InChI is InChI=1S/C27H34N2O5/c1-4-9-18(15-25(30)31)28-26(32)24(14-17(2)3)29-27(33)34-16-23-21-12-7-5-10-19(21)20-11-6-8-13-22(20)23/h5-8,10-13,17-18,23-24H,4,9,14-16H2,1-3H3,(H,28,32)(H,29,33)(H,30,31)/t18-,24?/m0/s1. The molecule has 0 fully saturated rings. The van der Waals surface area contributed by atoms with E-state index in [2.05, 4.69) is 22.8 Å². The van der Waals surface area contributed by atoms with Gasteiger partial charge in [0.15, 0.2) is 0 Å². The van der Waals surface area contributed by atoms with E-state index in [1.807, 2.05) is 57.2 Å². The summed E-state index contributed by atoms with van der Waals surface area (Å²) in [6.45, 7) is 6.01. The molecule has 0 aliphatic heterocycles. The van der Waals surface area contributed by atoms with Gasteiger partial charge in [-0.25, -0.2) is 4.79 Å². The van der Waals surface area contributed by atoms with Crippen molar-refractivity contribution in [3.8, 4) is 11.1 Å². The number of hydrogen-bond donors (Lipinski definition) is 3. The molecular formula is C27H34N2O5. The van der Waals surface area contributed by atoms with Gasteiger partial charge in [-0.05, 0) is 41.0 Å². The summed E-state index contributed by atoms with van der Waals surface area (Å²) in [5.74, 6) is -1.28. The van der Waals surface area contributed by atoms with Crippen molar-refractivity contribution in [3.05, 3.63) is 59.7 Å². The van der Waals surface area contributed by atoms with Crippen LogP contribution in [0.4, 0.5) is 4.79 Å². The van der Waals surface area contributed by atoms with E-state index in [4.69, 9.17) is 9.84 Å². The third-order valence-corrected chi connectivity index (χ3v) is 6.06. The zero-order valence-electron chi connectivity index (χ0n) is 20.0. The Morgan fingerprint density at radius 2 is 1.56 bits per heavy atom. The fourth-order valence-electron chi connectivity index (χ4n) is 4.57. The molecule has 1 aliphatic rings. The van der Waals surface area contributed by atoms with E-state index in [1.54, 1.807) is 0 Å². The van der Waals surface area contributed by atoms with Crippen LogP contribution in [0.25, 0.3) is 11.1 Å². The van der Waals surface area contributed by atoms with Crippen LogP contribution >= 0.6 is 0 Å². The summed E-state index contributed by atoms with van der Waals surface area (Å²) in [6.07, 6.45) is 0.901. The molecule has 3 N–H and O–H groups in total. The Labute approximate surface area is 200 Å². The fourth-order valence-corrected chi connectivity index (χ4v) is 4.57. The number of benzene rings is 2. The minimum atomic E-state index is -0.969. The first-order valence-corrected chi connectivity index (χ1v) is 11.9. The van der Waals surface area contributed by atoms with E-state index in [0.29, 0.717) is 12.8 Å². The first kappa shape index (κ1) is 25.3. The smallest absolute Gasteiger partial charge is 0.407 e. The quantitative estimate of drug-likeness (QED) is 0.445. The minimum absolute atomic E-state index is 0.0694. The number of alkyl carbamates (subject to hydrolysis) is 1. The van der Waals surface area contributed by atoms with Crippen LogP contribution in [0, 0.1) is 5.92 Å². The number of carbonyl (C=O) groups is 3. The molecule has 1 aliphatic carbocycles. The molecule has 34 heavy (non-hydrogen) atoms. The van der Waals surface area contributed by atoms with Gasteiger partial charge in [0.05, 0.1) is 6.42 Å². The van der Waals surface area contributed by atoms with Gasteiger partial charge in [-0.2, -0.15) is 0 Å². The van der Waals surface area contributed by atoms with E-state index in [0.717, 1.165) is 28.7 Å². The van der Waals surface area contributed by atoms with Crippen molar-refractivity contribution in [3.63, 3.8) is 0 Å². The van der Waals surface area contributed by atoms with Gasteiger partial charge in [0.2, 0.25) is 5.91 Å². The zero-order chi connectivity index (χ0) is 24.7. The van der Waals surface area contributed by atoms with Gasteiger partial charge in [0.25, 0.3) is 0 Å². The third kappa shape index (κ3) is 6.37. The summed E-state index contributed by atoms with van der Waals surface area (Å²) in [5, 5.41) is 14.6. The van der Waals surface area contributed by atoms with Gasteiger partial charge in [0, 0.05) is 12.0 Å². The number of carbonyl (C=O) groups excluding carboxylic acids is 2. The zero-order valence-corrected chi connectivity index (χ0v) is 20.0. The van der Waals surface area contributed by atoms with Crippen LogP contribution in [0.3, 0.4) is 0 Å². The van der Waals surface area contributed by atoms with Crippen molar-refractivity contribution in [2.75, 3.05) is 6.61 Å². The van der Waals surface area contributed by atoms with Crippen LogP contribution in [0.15, 0.2) is 48.5 Å². The van der Waals surface area contributed by atoms with Gasteiger partial charge in [0.1, 0.15) is 12.6 Å². The first-order valence-electron chi connectivity index (χ1n) is 11.9. The summed E-state index contributed by atoms with van der Waals surface area (Å²) in [7, 11) is 0. The normalized spacial score (nSPS) is 14.1. The predicted octanol–water partition coefficient (Wildman–Crippen LogP) is 4.70. The van der Waals surface area contributed by atoms with E-state index in [-0.39, 0.29) is 30.8 Å². The van der Waals surface area contributed by atoms with E-state index < -0.39 is 24.1 Å². The van der Waals surface area contributed by atoms with Gasteiger partial charge in [-0.1, -0.05) is 75.7 Å². The fraction of sp³-hybridized carbons (Fsp3) is 0.444. The lowest BCUT2D eigenvalue weighted by atomic mass is 9.98. The van der Waals surface area contributed by atoms with Gasteiger partial charge >= 0.3 is 12.1 Å². The third-order valence-electron chi connectivity index (χ3n) is 6.06. The van der Waals surface area contributed by atoms with Crippen molar-refractivity contribution >= 4 is 18.0 Å². The Morgan fingerprint density at radius 3 is 2.09 bits per heavy atom. The Morgan fingerprint density at radius 1 is 0.971 bits per heavy atom. The molecule has 2 amide bonds. The van der Waals surface area contributed by atoms with Crippen molar-refractivity contribution in [1.82, 2.24) is 10.6 Å². The number of hydrogen-bond acceptors (Lipinski definition) is 4. The summed E-state index contributed by atoms with van der Waals surface area (Å²) < 4.78 is 5.59. The molecule has 0 saturated carbocycles. The highest BCUT2D eigenvalue weighted by molar-refractivity contribution is 5.86. The minimum Gasteiger partial charge on any atom is -0.481 e. The molecule has 2 aromatic carbocycles. The average molecular weight is 467 g/mol. The van der Waals surface area contributed by atoms with E-state index in [9.17, 15) is 14.4 Å². The van der Waals surface area contributed by atoms with Crippen molar-refractivity contribution in [2.45, 2.75) is 64.5 Å². The second kappa shape index (κ2) is 11.7. The maximum atomic E-state index is 12.9. The average Bonchev–Trinajstić information content (AvgIpc) is 3.10. The number of rotatable bonds is 11. The van der Waals surface area contributed by atoms with Gasteiger partial charge in [-0.3, -0.25) is 9.59 Å². The van der Waals surface area contributed by atoms with Crippen molar-refractivity contribution in [2.24, 2.45) is 5.92 Å². The Balaban J connectivity index is 1.65. The number of amides is 2. The predicted molar refractivity (Wildman–Crippen MR) is 131 cm³/mol. The first-order chi connectivity index (χ1) is 16.3.